The van der Waals surface area contributed by atoms with Crippen molar-refractivity contribution in [3.63, 3.8) is 0 Å². The number of unbranched alkanes of at least 4 members (excludes halogenated alkanes) is 6. The zero-order valence-electron chi connectivity index (χ0n) is 21.1. The maximum Gasteiger partial charge on any atom is 0.121 e. The van der Waals surface area contributed by atoms with Crippen LogP contribution in [0.15, 0.2) is 36.4 Å². The highest BCUT2D eigenvalue weighted by molar-refractivity contribution is 6.30. The van der Waals surface area contributed by atoms with Crippen LogP contribution in [-0.2, 0) is 13.1 Å². The molecule has 0 heterocycles. The molecule has 0 aliphatic rings. The van der Waals surface area contributed by atoms with Crippen LogP contribution in [0.25, 0.3) is 0 Å². The Morgan fingerprint density at radius 1 is 0.742 bits per heavy atom. The van der Waals surface area contributed by atoms with Gasteiger partial charge in [0.05, 0.1) is 0 Å². The number of hydrogen-bond donors (Lipinski definition) is 1. The van der Waals surface area contributed by atoms with E-state index in [0.29, 0.717) is 5.75 Å². The molecule has 2 aromatic rings. The van der Waals surface area contributed by atoms with E-state index >= 15 is 0 Å². The molecule has 0 aliphatic heterocycles. The first-order chi connectivity index (χ1) is 14.9. The van der Waals surface area contributed by atoms with Crippen LogP contribution in [0.3, 0.4) is 0 Å². The Morgan fingerprint density at radius 3 is 1.61 bits per heavy atom. The standard InChI is InChI=1S/C17H20ClNO.C9H20.C2H6/c1-12-8-15(9-13(2)17(12)20)11-19(3)10-14-4-6-16(18)7-5-14;1-3-5-7-9-8-6-4-2;1-2/h4-9,20H,10-11H2,1-3H3;3-9H2,1-2H3;1-2H3. The number of rotatable bonds is 10. The summed E-state index contributed by atoms with van der Waals surface area (Å²) >= 11 is 5.89. The Labute approximate surface area is 197 Å². The molecular formula is C28H46ClNO. The molecule has 1 N–H and O–H groups in total. The molecule has 31 heavy (non-hydrogen) atoms. The van der Waals surface area contributed by atoms with Crippen molar-refractivity contribution in [2.45, 2.75) is 99.6 Å². The summed E-state index contributed by atoms with van der Waals surface area (Å²) in [5.41, 5.74) is 4.32. The highest BCUT2D eigenvalue weighted by Gasteiger charge is 2.06. The molecule has 0 aromatic heterocycles. The summed E-state index contributed by atoms with van der Waals surface area (Å²) in [5, 5.41) is 10.6. The van der Waals surface area contributed by atoms with Crippen LogP contribution >= 0.6 is 11.6 Å². The van der Waals surface area contributed by atoms with Crippen LogP contribution in [0.1, 0.15) is 94.9 Å². The third-order valence-electron chi connectivity index (χ3n) is 5.08. The van der Waals surface area contributed by atoms with Crippen molar-refractivity contribution in [1.29, 1.82) is 0 Å². The number of halogens is 1. The van der Waals surface area contributed by atoms with Crippen molar-refractivity contribution >= 4 is 11.6 Å². The van der Waals surface area contributed by atoms with Gasteiger partial charge in [0, 0.05) is 18.1 Å². The molecule has 3 heteroatoms. The van der Waals surface area contributed by atoms with Crippen LogP contribution in [0, 0.1) is 13.8 Å². The minimum absolute atomic E-state index is 0.397. The molecule has 2 aromatic carbocycles. The Kier molecular flexibility index (Phi) is 17.2. The van der Waals surface area contributed by atoms with E-state index in [-0.39, 0.29) is 0 Å². The van der Waals surface area contributed by atoms with E-state index in [1.165, 1.54) is 56.1 Å². The second-order valence-electron chi connectivity index (χ2n) is 8.14. The van der Waals surface area contributed by atoms with Gasteiger partial charge in [-0.2, -0.15) is 0 Å². The van der Waals surface area contributed by atoms with Crippen molar-refractivity contribution < 1.29 is 5.11 Å². The minimum atomic E-state index is 0.397. The van der Waals surface area contributed by atoms with Crippen LogP contribution < -0.4 is 0 Å². The first-order valence-electron chi connectivity index (χ1n) is 12.1. The fraction of sp³-hybridized carbons (Fsp3) is 0.571. The maximum atomic E-state index is 9.80. The smallest absolute Gasteiger partial charge is 0.121 e. The normalized spacial score (nSPS) is 10.2. The third kappa shape index (κ3) is 13.5. The predicted octanol–water partition coefficient (Wildman–Crippen LogP) is 9.08. The quantitative estimate of drug-likeness (QED) is 0.367. The van der Waals surface area contributed by atoms with Gasteiger partial charge in [-0.1, -0.05) is 109 Å². The molecular weight excluding hydrogens is 402 g/mol. The Bertz CT molecular complexity index is 668. The van der Waals surface area contributed by atoms with Gasteiger partial charge in [-0.15, -0.1) is 0 Å². The first-order valence-corrected chi connectivity index (χ1v) is 12.5. The Balaban J connectivity index is 0.000000692. The fourth-order valence-electron chi connectivity index (χ4n) is 3.44. The molecule has 0 atom stereocenters. The molecule has 0 saturated heterocycles. The summed E-state index contributed by atoms with van der Waals surface area (Å²) in [6, 6.07) is 12.0. The lowest BCUT2D eigenvalue weighted by Gasteiger charge is -2.18. The van der Waals surface area contributed by atoms with Crippen LogP contribution in [0.2, 0.25) is 5.02 Å². The number of aromatic hydroxyl groups is 1. The van der Waals surface area contributed by atoms with Crippen LogP contribution in [0.4, 0.5) is 0 Å². The third-order valence-corrected chi connectivity index (χ3v) is 5.33. The van der Waals surface area contributed by atoms with Gasteiger partial charge >= 0.3 is 0 Å². The SMILES string of the molecule is CC.CCCCCCCCC.Cc1cc(CN(C)Cc2ccc(Cl)cc2)cc(C)c1O. The summed E-state index contributed by atoms with van der Waals surface area (Å²) < 4.78 is 0. The van der Waals surface area contributed by atoms with E-state index in [2.05, 4.69) is 25.8 Å². The highest BCUT2D eigenvalue weighted by Crippen LogP contribution is 2.23. The van der Waals surface area contributed by atoms with Gasteiger partial charge < -0.3 is 5.11 Å². The van der Waals surface area contributed by atoms with Crippen LogP contribution in [0.5, 0.6) is 5.75 Å². The van der Waals surface area contributed by atoms with Gasteiger partial charge in [-0.25, -0.2) is 0 Å². The van der Waals surface area contributed by atoms with E-state index < -0.39 is 0 Å². The van der Waals surface area contributed by atoms with Crippen molar-refractivity contribution in [1.82, 2.24) is 4.90 Å². The lowest BCUT2D eigenvalue weighted by Crippen LogP contribution is -2.17. The summed E-state index contributed by atoms with van der Waals surface area (Å²) in [5.74, 6) is 0.397. The number of phenols is 1. The molecule has 0 saturated carbocycles. The molecule has 0 amide bonds. The topological polar surface area (TPSA) is 23.5 Å². The lowest BCUT2D eigenvalue weighted by molar-refractivity contribution is 0.318. The molecule has 0 spiro atoms. The monoisotopic (exact) mass is 447 g/mol. The molecule has 0 bridgehead atoms. The second-order valence-corrected chi connectivity index (χ2v) is 8.58. The number of phenolic OH excluding ortho intramolecular Hbond substituents is 1. The predicted molar refractivity (Wildman–Crippen MR) is 139 cm³/mol. The molecule has 0 radical (unpaired) electrons. The number of benzene rings is 2. The van der Waals surface area contributed by atoms with Gasteiger partial charge in [0.15, 0.2) is 0 Å². The number of nitrogens with zero attached hydrogens (tertiary/aromatic N) is 1. The summed E-state index contributed by atoms with van der Waals surface area (Å²) in [7, 11) is 2.09. The van der Waals surface area contributed by atoms with Crippen molar-refractivity contribution in [2.24, 2.45) is 0 Å². The Hall–Kier alpha value is -1.51. The molecule has 0 aliphatic carbocycles. The van der Waals surface area contributed by atoms with Gasteiger partial charge in [-0.05, 0) is 55.3 Å². The average molecular weight is 448 g/mol. The largest absolute Gasteiger partial charge is 0.507 e. The molecule has 2 nitrogen and oxygen atoms in total. The summed E-state index contributed by atoms with van der Waals surface area (Å²) in [6.45, 7) is 14.1. The fourth-order valence-corrected chi connectivity index (χ4v) is 3.56. The van der Waals surface area contributed by atoms with Crippen molar-refractivity contribution in [2.75, 3.05) is 7.05 Å². The molecule has 0 unspecified atom stereocenters. The molecule has 0 fully saturated rings. The summed E-state index contributed by atoms with van der Waals surface area (Å²) in [6.07, 6.45) is 9.97. The van der Waals surface area contributed by atoms with E-state index in [1.807, 2.05) is 64.1 Å². The average Bonchev–Trinajstić information content (AvgIpc) is 2.75. The highest BCUT2D eigenvalue weighted by atomic mass is 35.5. The van der Waals surface area contributed by atoms with Crippen molar-refractivity contribution in [3.05, 3.63) is 63.7 Å². The van der Waals surface area contributed by atoms with Gasteiger partial charge in [-0.3, -0.25) is 4.90 Å². The van der Waals surface area contributed by atoms with Crippen molar-refractivity contribution in [3.8, 4) is 5.75 Å². The van der Waals surface area contributed by atoms with Gasteiger partial charge in [0.25, 0.3) is 0 Å². The lowest BCUT2D eigenvalue weighted by atomic mass is 10.1. The Morgan fingerprint density at radius 2 is 1.16 bits per heavy atom. The minimum Gasteiger partial charge on any atom is -0.507 e. The number of hydrogen-bond acceptors (Lipinski definition) is 2. The second kappa shape index (κ2) is 18.1. The zero-order chi connectivity index (χ0) is 23.6. The number of aryl methyl sites for hydroxylation is 2. The van der Waals surface area contributed by atoms with Gasteiger partial charge in [0.1, 0.15) is 5.75 Å². The van der Waals surface area contributed by atoms with E-state index in [9.17, 15) is 5.11 Å². The zero-order valence-corrected chi connectivity index (χ0v) is 21.9. The first kappa shape index (κ1) is 29.5. The van der Waals surface area contributed by atoms with Gasteiger partial charge in [0.2, 0.25) is 0 Å². The van der Waals surface area contributed by atoms with E-state index in [1.54, 1.807) is 0 Å². The van der Waals surface area contributed by atoms with E-state index in [0.717, 1.165) is 29.2 Å². The van der Waals surface area contributed by atoms with E-state index in [4.69, 9.17) is 11.6 Å². The maximum absolute atomic E-state index is 9.80. The molecule has 2 rings (SSSR count). The summed E-state index contributed by atoms with van der Waals surface area (Å²) in [4.78, 5) is 2.24. The van der Waals surface area contributed by atoms with Crippen LogP contribution in [-0.4, -0.2) is 17.1 Å². The molecule has 176 valence electrons.